The third kappa shape index (κ3) is 7.16. The minimum Gasteiger partial charge on any atom is -0.465 e. The van der Waals surface area contributed by atoms with E-state index in [2.05, 4.69) is 18.7 Å². The summed E-state index contributed by atoms with van der Waals surface area (Å²) in [6.45, 7) is 8.75. The molecule has 0 aromatic heterocycles. The van der Waals surface area contributed by atoms with E-state index in [0.717, 1.165) is 18.3 Å². The molecule has 1 aliphatic rings. The molecule has 1 amide bonds. The first-order valence-electron chi connectivity index (χ1n) is 8.73. The molecule has 0 radical (unpaired) electrons. The van der Waals surface area contributed by atoms with Gasteiger partial charge in [-0.15, -0.1) is 0 Å². The van der Waals surface area contributed by atoms with Crippen molar-refractivity contribution in [1.29, 1.82) is 0 Å². The maximum Gasteiger partial charge on any atom is 0.407 e. The molecule has 0 unspecified atom stereocenters. The first-order chi connectivity index (χ1) is 10.1. The van der Waals surface area contributed by atoms with Gasteiger partial charge in [0.15, 0.2) is 0 Å². The first kappa shape index (κ1) is 18.3. The highest BCUT2D eigenvalue weighted by Crippen LogP contribution is 2.33. The number of carboxylic acid groups (broad SMARTS) is 1. The Morgan fingerprint density at radius 3 is 2.00 bits per heavy atom. The van der Waals surface area contributed by atoms with E-state index in [1.165, 1.54) is 63.1 Å². The van der Waals surface area contributed by atoms with Gasteiger partial charge in [0.25, 0.3) is 0 Å². The Bertz CT molecular complexity index is 285. The van der Waals surface area contributed by atoms with Gasteiger partial charge < -0.3 is 14.9 Å². The second-order valence-corrected chi connectivity index (χ2v) is 6.55. The number of hydrogen-bond donors (Lipinski definition) is 1. The van der Waals surface area contributed by atoms with E-state index in [-0.39, 0.29) is 0 Å². The van der Waals surface area contributed by atoms with Crippen LogP contribution in [0.3, 0.4) is 0 Å². The van der Waals surface area contributed by atoms with Gasteiger partial charge in [-0.3, -0.25) is 0 Å². The molecule has 1 saturated carbocycles. The summed E-state index contributed by atoms with van der Waals surface area (Å²) in [5, 5.41) is 8.86. The Labute approximate surface area is 130 Å². The van der Waals surface area contributed by atoms with Crippen molar-refractivity contribution in [3.8, 4) is 0 Å². The molecule has 1 fully saturated rings. The number of rotatable bonds is 9. The normalized spacial score (nSPS) is 22.5. The molecular formula is C17H34N2O2. The van der Waals surface area contributed by atoms with Crippen molar-refractivity contribution in [3.63, 3.8) is 0 Å². The zero-order valence-corrected chi connectivity index (χ0v) is 14.2. The Morgan fingerprint density at radius 1 is 1.00 bits per heavy atom. The molecule has 124 valence electrons. The zero-order valence-electron chi connectivity index (χ0n) is 14.2. The van der Waals surface area contributed by atoms with Crippen molar-refractivity contribution >= 4 is 6.09 Å². The van der Waals surface area contributed by atoms with Crippen molar-refractivity contribution in [1.82, 2.24) is 9.80 Å². The maximum atomic E-state index is 10.8. The molecule has 4 nitrogen and oxygen atoms in total. The summed E-state index contributed by atoms with van der Waals surface area (Å²) in [5.41, 5.74) is 0. The summed E-state index contributed by atoms with van der Waals surface area (Å²) in [6.07, 6.45) is 8.22. The first-order valence-corrected chi connectivity index (χ1v) is 8.73. The number of nitrogens with zero attached hydrogens (tertiary/aromatic N) is 2. The Kier molecular flexibility index (Phi) is 8.74. The van der Waals surface area contributed by atoms with Gasteiger partial charge >= 0.3 is 6.09 Å². The maximum absolute atomic E-state index is 10.8. The summed E-state index contributed by atoms with van der Waals surface area (Å²) < 4.78 is 0. The Balaban J connectivity index is 2.10. The number of carbonyl (C=O) groups is 1. The predicted molar refractivity (Wildman–Crippen MR) is 87.7 cm³/mol. The van der Waals surface area contributed by atoms with E-state index >= 15 is 0 Å². The van der Waals surface area contributed by atoms with Gasteiger partial charge in [-0.05, 0) is 50.7 Å². The zero-order chi connectivity index (χ0) is 15.7. The number of hydrogen-bond acceptors (Lipinski definition) is 2. The van der Waals surface area contributed by atoms with Gasteiger partial charge in [0.05, 0.1) is 0 Å². The van der Waals surface area contributed by atoms with Gasteiger partial charge in [0.2, 0.25) is 0 Å². The average Bonchev–Trinajstić information content (AvgIpc) is 2.50. The van der Waals surface area contributed by atoms with Crippen molar-refractivity contribution < 1.29 is 9.90 Å². The van der Waals surface area contributed by atoms with Crippen molar-refractivity contribution in [3.05, 3.63) is 0 Å². The molecule has 1 N–H and O–H groups in total. The van der Waals surface area contributed by atoms with E-state index in [1.54, 1.807) is 7.05 Å². The van der Waals surface area contributed by atoms with E-state index < -0.39 is 6.09 Å². The molecule has 21 heavy (non-hydrogen) atoms. The minimum absolute atomic E-state index is 0.687. The second kappa shape index (κ2) is 10.0. The van der Waals surface area contributed by atoms with Crippen LogP contribution in [0.25, 0.3) is 0 Å². The molecule has 1 aliphatic carbocycles. The van der Waals surface area contributed by atoms with Crippen molar-refractivity contribution in [2.75, 3.05) is 33.2 Å². The molecule has 0 bridgehead atoms. The quantitative estimate of drug-likeness (QED) is 0.702. The molecule has 0 heterocycles. The monoisotopic (exact) mass is 298 g/mol. The fourth-order valence-corrected chi connectivity index (χ4v) is 3.42. The van der Waals surface area contributed by atoms with Gasteiger partial charge in [-0.25, -0.2) is 4.79 Å². The largest absolute Gasteiger partial charge is 0.465 e. The molecule has 0 saturated heterocycles. The summed E-state index contributed by atoms with van der Waals surface area (Å²) in [4.78, 5) is 14.7. The van der Waals surface area contributed by atoms with Crippen LogP contribution in [0.4, 0.5) is 4.79 Å². The lowest BCUT2D eigenvalue weighted by atomic mass is 9.78. The van der Waals surface area contributed by atoms with Crippen LogP contribution in [-0.4, -0.2) is 54.2 Å². The number of amides is 1. The lowest BCUT2D eigenvalue weighted by Gasteiger charge is -2.30. The highest BCUT2D eigenvalue weighted by molar-refractivity contribution is 5.64. The smallest absolute Gasteiger partial charge is 0.407 e. The fraction of sp³-hybridized carbons (Fsp3) is 0.941. The predicted octanol–water partition coefficient (Wildman–Crippen LogP) is 3.91. The molecule has 0 atom stereocenters. The van der Waals surface area contributed by atoms with Crippen LogP contribution in [-0.2, 0) is 0 Å². The average molecular weight is 298 g/mol. The standard InChI is InChI=1S/C17H34N2O2/c1-4-19(5-2)13-6-7-15-8-10-16(11-9-15)12-14-18(3)17(20)21/h15-16H,4-14H2,1-3H3,(H,20,21). The van der Waals surface area contributed by atoms with Crippen LogP contribution in [0.15, 0.2) is 0 Å². The van der Waals surface area contributed by atoms with Gasteiger partial charge in [-0.1, -0.05) is 39.5 Å². The van der Waals surface area contributed by atoms with E-state index in [1.807, 2.05) is 0 Å². The van der Waals surface area contributed by atoms with Crippen LogP contribution in [0.2, 0.25) is 0 Å². The van der Waals surface area contributed by atoms with E-state index in [0.29, 0.717) is 6.54 Å². The molecule has 0 aromatic rings. The van der Waals surface area contributed by atoms with Crippen LogP contribution in [0.5, 0.6) is 0 Å². The van der Waals surface area contributed by atoms with Crippen molar-refractivity contribution in [2.24, 2.45) is 11.8 Å². The van der Waals surface area contributed by atoms with E-state index in [9.17, 15) is 4.79 Å². The van der Waals surface area contributed by atoms with E-state index in [4.69, 9.17) is 5.11 Å². The molecule has 1 rings (SSSR count). The lowest BCUT2D eigenvalue weighted by Crippen LogP contribution is -2.28. The molecular weight excluding hydrogens is 264 g/mol. The summed E-state index contributed by atoms with van der Waals surface area (Å²) >= 11 is 0. The SMILES string of the molecule is CCN(CC)CCCC1CCC(CCN(C)C(=O)O)CC1. The third-order valence-electron chi connectivity index (χ3n) is 5.15. The fourth-order valence-electron chi connectivity index (χ4n) is 3.42. The second-order valence-electron chi connectivity index (χ2n) is 6.55. The van der Waals surface area contributed by atoms with Gasteiger partial charge in [0, 0.05) is 13.6 Å². The van der Waals surface area contributed by atoms with Crippen LogP contribution in [0, 0.1) is 11.8 Å². The molecule has 0 aromatic carbocycles. The topological polar surface area (TPSA) is 43.8 Å². The lowest BCUT2D eigenvalue weighted by molar-refractivity contribution is 0.149. The Morgan fingerprint density at radius 2 is 1.52 bits per heavy atom. The molecule has 0 spiro atoms. The summed E-state index contributed by atoms with van der Waals surface area (Å²) in [7, 11) is 1.67. The highest BCUT2D eigenvalue weighted by atomic mass is 16.4. The highest BCUT2D eigenvalue weighted by Gasteiger charge is 2.21. The summed E-state index contributed by atoms with van der Waals surface area (Å²) in [5.74, 6) is 1.65. The molecule has 0 aliphatic heterocycles. The van der Waals surface area contributed by atoms with Gasteiger partial charge in [0.1, 0.15) is 0 Å². The summed E-state index contributed by atoms with van der Waals surface area (Å²) in [6, 6.07) is 0. The Hall–Kier alpha value is -0.770. The minimum atomic E-state index is -0.805. The third-order valence-corrected chi connectivity index (χ3v) is 5.15. The molecule has 4 heteroatoms. The van der Waals surface area contributed by atoms with Crippen molar-refractivity contribution in [2.45, 2.75) is 58.8 Å². The van der Waals surface area contributed by atoms with Crippen LogP contribution < -0.4 is 0 Å². The van der Waals surface area contributed by atoms with Crippen LogP contribution >= 0.6 is 0 Å². The van der Waals surface area contributed by atoms with Crippen LogP contribution in [0.1, 0.15) is 58.8 Å². The van der Waals surface area contributed by atoms with Gasteiger partial charge in [-0.2, -0.15) is 0 Å².